The molecule has 2 amide bonds. The predicted molar refractivity (Wildman–Crippen MR) is 110 cm³/mol. The molecule has 4 rings (SSSR count). The number of fused-ring (bicyclic) bond motifs is 1. The van der Waals surface area contributed by atoms with Crippen LogP contribution < -0.4 is 0 Å². The molecular weight excluding hydrogens is 368 g/mol. The summed E-state index contributed by atoms with van der Waals surface area (Å²) in [6.07, 6.45) is 7.92. The number of carbonyl (C=O) groups is 2. The van der Waals surface area contributed by atoms with Crippen LogP contribution in [0.4, 0.5) is 4.79 Å². The summed E-state index contributed by atoms with van der Waals surface area (Å²) < 4.78 is 0. The van der Waals surface area contributed by atoms with E-state index in [1.54, 1.807) is 0 Å². The maximum absolute atomic E-state index is 12.8. The van der Waals surface area contributed by atoms with Gasteiger partial charge in [0, 0.05) is 50.7 Å². The van der Waals surface area contributed by atoms with Crippen molar-refractivity contribution in [2.75, 3.05) is 45.8 Å². The molecule has 2 aliphatic heterocycles. The Bertz CT molecular complexity index is 738. The number of carbonyl (C=O) groups excluding carboxylic acids is 1. The number of amides is 2. The van der Waals surface area contributed by atoms with Gasteiger partial charge >= 0.3 is 12.0 Å². The zero-order chi connectivity index (χ0) is 20.2. The predicted octanol–water partition coefficient (Wildman–Crippen LogP) is 2.04. The summed E-state index contributed by atoms with van der Waals surface area (Å²) >= 11 is 0. The topological polar surface area (TPSA) is 77.0 Å². The Kier molecular flexibility index (Phi) is 6.33. The van der Waals surface area contributed by atoms with Crippen molar-refractivity contribution in [3.05, 3.63) is 29.1 Å². The molecule has 1 aromatic heterocycles. The van der Waals surface area contributed by atoms with Crippen LogP contribution in [0.3, 0.4) is 0 Å². The third-order valence-corrected chi connectivity index (χ3v) is 6.62. The van der Waals surface area contributed by atoms with Crippen molar-refractivity contribution in [2.24, 2.45) is 5.92 Å². The number of piperidine rings is 1. The zero-order valence-electron chi connectivity index (χ0n) is 17.2. The summed E-state index contributed by atoms with van der Waals surface area (Å²) in [6, 6.07) is 4.60. The van der Waals surface area contributed by atoms with E-state index in [9.17, 15) is 9.59 Å². The van der Waals surface area contributed by atoms with Crippen molar-refractivity contribution < 1.29 is 14.7 Å². The highest BCUT2D eigenvalue weighted by molar-refractivity contribution is 5.74. The van der Waals surface area contributed by atoms with Crippen LogP contribution in [0.5, 0.6) is 0 Å². The lowest BCUT2D eigenvalue weighted by Gasteiger charge is -2.39. The van der Waals surface area contributed by atoms with E-state index >= 15 is 0 Å². The summed E-state index contributed by atoms with van der Waals surface area (Å²) in [5.41, 5.74) is 3.96. The highest BCUT2D eigenvalue weighted by Gasteiger charge is 2.29. The third kappa shape index (κ3) is 5.07. The van der Waals surface area contributed by atoms with Crippen molar-refractivity contribution in [1.29, 1.82) is 0 Å². The standard InChI is InChI=1S/C22H32N4O3/c27-21(28)16-24-11-13-26(14-12-24)22(29)25-9-7-17(8-10-25)15-19-6-5-18-3-1-2-4-20(18)23-19/h5-6,17H,1-4,7-16H2,(H,27,28). The minimum Gasteiger partial charge on any atom is -0.480 e. The maximum atomic E-state index is 12.8. The quantitative estimate of drug-likeness (QED) is 0.837. The fourth-order valence-corrected chi connectivity index (χ4v) is 4.85. The molecule has 1 N–H and O–H groups in total. The molecule has 0 bridgehead atoms. The van der Waals surface area contributed by atoms with Crippen molar-refractivity contribution in [3.8, 4) is 0 Å². The number of aromatic nitrogens is 1. The first-order chi connectivity index (χ1) is 14.1. The van der Waals surface area contributed by atoms with Gasteiger partial charge in [-0.05, 0) is 62.5 Å². The van der Waals surface area contributed by atoms with Gasteiger partial charge in [-0.25, -0.2) is 4.79 Å². The number of likely N-dealkylation sites (tertiary alicyclic amines) is 1. The minimum atomic E-state index is -0.805. The van der Waals surface area contributed by atoms with Crippen LogP contribution in [-0.2, 0) is 24.1 Å². The number of carboxylic acids is 1. The second-order valence-corrected chi connectivity index (χ2v) is 8.69. The molecule has 0 atom stereocenters. The van der Waals surface area contributed by atoms with Crippen molar-refractivity contribution >= 4 is 12.0 Å². The summed E-state index contributed by atoms with van der Waals surface area (Å²) in [7, 11) is 0. The highest BCUT2D eigenvalue weighted by atomic mass is 16.4. The number of aliphatic carboxylic acids is 1. The van der Waals surface area contributed by atoms with E-state index in [2.05, 4.69) is 12.1 Å². The van der Waals surface area contributed by atoms with Crippen LogP contribution >= 0.6 is 0 Å². The number of nitrogens with zero attached hydrogens (tertiary/aromatic N) is 4. The van der Waals surface area contributed by atoms with Gasteiger partial charge in [0.05, 0.1) is 6.54 Å². The average Bonchev–Trinajstić information content (AvgIpc) is 2.74. The molecule has 1 aliphatic carbocycles. The molecule has 7 heteroatoms. The number of pyridine rings is 1. The van der Waals surface area contributed by atoms with Crippen LogP contribution in [0.15, 0.2) is 12.1 Å². The molecule has 158 valence electrons. The van der Waals surface area contributed by atoms with E-state index in [-0.39, 0.29) is 12.6 Å². The first-order valence-electron chi connectivity index (χ1n) is 11.0. The maximum Gasteiger partial charge on any atom is 0.320 e. The van der Waals surface area contributed by atoms with E-state index in [1.165, 1.54) is 36.2 Å². The molecule has 3 heterocycles. The summed E-state index contributed by atoms with van der Waals surface area (Å²) in [5, 5.41) is 8.90. The normalized spacial score (nSPS) is 21.1. The number of piperazine rings is 1. The molecule has 2 saturated heterocycles. The number of carboxylic acid groups (broad SMARTS) is 1. The first-order valence-corrected chi connectivity index (χ1v) is 11.0. The Hall–Kier alpha value is -2.15. The van der Waals surface area contributed by atoms with Crippen molar-refractivity contribution in [2.45, 2.75) is 44.9 Å². The lowest BCUT2D eigenvalue weighted by Crippen LogP contribution is -2.54. The molecule has 0 radical (unpaired) electrons. The van der Waals surface area contributed by atoms with Crippen LogP contribution in [0, 0.1) is 5.92 Å². The van der Waals surface area contributed by atoms with Gasteiger partial charge in [0.25, 0.3) is 0 Å². The Morgan fingerprint density at radius 2 is 1.66 bits per heavy atom. The van der Waals surface area contributed by atoms with Crippen LogP contribution in [0.1, 0.15) is 42.6 Å². The van der Waals surface area contributed by atoms with Gasteiger partial charge in [-0.1, -0.05) is 6.07 Å². The first kappa shape index (κ1) is 20.1. The molecule has 0 spiro atoms. The second kappa shape index (κ2) is 9.11. The summed E-state index contributed by atoms with van der Waals surface area (Å²) in [6.45, 7) is 4.19. The molecule has 7 nitrogen and oxygen atoms in total. The van der Waals surface area contributed by atoms with Gasteiger partial charge in [0.15, 0.2) is 0 Å². The largest absolute Gasteiger partial charge is 0.480 e. The summed E-state index contributed by atoms with van der Waals surface area (Å²) in [4.78, 5) is 34.3. The Labute approximate surface area is 172 Å². The Morgan fingerprint density at radius 1 is 0.966 bits per heavy atom. The van der Waals surface area contributed by atoms with E-state index in [4.69, 9.17) is 10.1 Å². The van der Waals surface area contributed by atoms with Crippen LogP contribution in [-0.4, -0.2) is 82.6 Å². The second-order valence-electron chi connectivity index (χ2n) is 8.69. The molecule has 29 heavy (non-hydrogen) atoms. The third-order valence-electron chi connectivity index (χ3n) is 6.62. The fraction of sp³-hybridized carbons (Fsp3) is 0.682. The lowest BCUT2D eigenvalue weighted by atomic mass is 9.90. The molecular formula is C22H32N4O3. The molecule has 1 aromatic rings. The van der Waals surface area contributed by atoms with Gasteiger partial charge < -0.3 is 14.9 Å². The summed E-state index contributed by atoms with van der Waals surface area (Å²) in [5.74, 6) is -0.208. The smallest absolute Gasteiger partial charge is 0.320 e. The van der Waals surface area contributed by atoms with Gasteiger partial charge in [0.2, 0.25) is 0 Å². The number of aryl methyl sites for hydroxylation is 2. The average molecular weight is 401 g/mol. The van der Waals surface area contributed by atoms with E-state index in [0.717, 1.165) is 38.8 Å². The molecule has 0 saturated carbocycles. The number of urea groups is 1. The number of rotatable bonds is 4. The Balaban J connectivity index is 1.23. The van der Waals surface area contributed by atoms with Gasteiger partial charge in [-0.2, -0.15) is 0 Å². The number of hydrogen-bond donors (Lipinski definition) is 1. The molecule has 0 unspecified atom stereocenters. The molecule has 2 fully saturated rings. The zero-order valence-corrected chi connectivity index (χ0v) is 17.2. The van der Waals surface area contributed by atoms with Gasteiger partial charge in [0.1, 0.15) is 0 Å². The minimum absolute atomic E-state index is 0.0597. The van der Waals surface area contributed by atoms with Gasteiger partial charge in [-0.3, -0.25) is 14.7 Å². The SMILES string of the molecule is O=C(O)CN1CCN(C(=O)N2CCC(Cc3ccc4c(n3)CCCC4)CC2)CC1. The Morgan fingerprint density at radius 3 is 2.38 bits per heavy atom. The van der Waals surface area contributed by atoms with Crippen molar-refractivity contribution in [1.82, 2.24) is 19.7 Å². The molecule has 3 aliphatic rings. The number of hydrogen-bond acceptors (Lipinski definition) is 4. The van der Waals surface area contributed by atoms with E-state index in [0.29, 0.717) is 32.1 Å². The fourth-order valence-electron chi connectivity index (χ4n) is 4.85. The van der Waals surface area contributed by atoms with Crippen LogP contribution in [0.25, 0.3) is 0 Å². The van der Waals surface area contributed by atoms with E-state index < -0.39 is 5.97 Å². The van der Waals surface area contributed by atoms with E-state index in [1.807, 2.05) is 14.7 Å². The monoisotopic (exact) mass is 400 g/mol. The van der Waals surface area contributed by atoms with Gasteiger partial charge in [-0.15, -0.1) is 0 Å². The van der Waals surface area contributed by atoms with Crippen molar-refractivity contribution in [3.63, 3.8) is 0 Å². The van der Waals surface area contributed by atoms with Crippen LogP contribution in [0.2, 0.25) is 0 Å². The molecule has 0 aromatic carbocycles. The lowest BCUT2D eigenvalue weighted by molar-refractivity contribution is -0.138. The highest BCUT2D eigenvalue weighted by Crippen LogP contribution is 2.25.